The van der Waals surface area contributed by atoms with E-state index in [1.54, 1.807) is 12.4 Å². The zero-order chi connectivity index (χ0) is 17.9. The van der Waals surface area contributed by atoms with Crippen LogP contribution >= 0.6 is 0 Å². The van der Waals surface area contributed by atoms with Crippen molar-refractivity contribution in [2.75, 3.05) is 6.54 Å². The number of pyridine rings is 1. The molecular weight excluding hydrogens is 333 g/mol. The Morgan fingerprint density at radius 1 is 1.16 bits per heavy atom. The van der Waals surface area contributed by atoms with Crippen LogP contribution in [-0.4, -0.2) is 28.7 Å². The summed E-state index contributed by atoms with van der Waals surface area (Å²) in [6.45, 7) is 0.682. The van der Waals surface area contributed by atoms with Gasteiger partial charge in [0.2, 0.25) is 5.91 Å². The largest absolute Gasteiger partial charge is 0.573 e. The Morgan fingerprint density at radius 3 is 2.48 bits per heavy atom. The van der Waals surface area contributed by atoms with Crippen molar-refractivity contribution < 1.29 is 22.7 Å². The van der Waals surface area contributed by atoms with Gasteiger partial charge in [0.1, 0.15) is 5.75 Å². The summed E-state index contributed by atoms with van der Waals surface area (Å²) in [5.74, 6) is -0.330. The molecule has 0 unspecified atom stereocenters. The van der Waals surface area contributed by atoms with Gasteiger partial charge >= 0.3 is 6.36 Å². The molecule has 0 bridgehead atoms. The van der Waals surface area contributed by atoms with Crippen LogP contribution in [0.25, 0.3) is 0 Å². The number of likely N-dealkylation sites (tertiary alicyclic amines) is 1. The van der Waals surface area contributed by atoms with Gasteiger partial charge in [-0.3, -0.25) is 9.78 Å². The lowest BCUT2D eigenvalue weighted by Gasteiger charge is -2.25. The molecule has 132 valence electrons. The Balaban J connectivity index is 1.65. The van der Waals surface area contributed by atoms with Crippen molar-refractivity contribution in [2.45, 2.75) is 31.7 Å². The third-order valence-electron chi connectivity index (χ3n) is 4.18. The van der Waals surface area contributed by atoms with Crippen LogP contribution in [0.15, 0.2) is 48.8 Å². The monoisotopic (exact) mass is 350 g/mol. The molecule has 1 atom stereocenters. The first-order valence-electron chi connectivity index (χ1n) is 7.96. The molecule has 3 rings (SSSR count). The minimum absolute atomic E-state index is 0.0309. The summed E-state index contributed by atoms with van der Waals surface area (Å²) < 4.78 is 40.4. The maximum atomic E-state index is 12.6. The summed E-state index contributed by atoms with van der Waals surface area (Å²) in [7, 11) is 0. The molecule has 2 aromatic rings. The van der Waals surface area contributed by atoms with Gasteiger partial charge in [-0.05, 0) is 48.2 Å². The summed E-state index contributed by atoms with van der Waals surface area (Å²) in [4.78, 5) is 18.4. The van der Waals surface area contributed by atoms with Crippen LogP contribution in [0.4, 0.5) is 13.2 Å². The van der Waals surface area contributed by atoms with Gasteiger partial charge in [0.05, 0.1) is 12.5 Å². The van der Waals surface area contributed by atoms with Crippen molar-refractivity contribution in [1.29, 1.82) is 0 Å². The molecule has 1 aliphatic rings. The first-order valence-corrected chi connectivity index (χ1v) is 7.96. The van der Waals surface area contributed by atoms with Gasteiger partial charge in [-0.25, -0.2) is 0 Å². The van der Waals surface area contributed by atoms with Crippen LogP contribution in [0.3, 0.4) is 0 Å². The topological polar surface area (TPSA) is 42.4 Å². The molecule has 25 heavy (non-hydrogen) atoms. The van der Waals surface area contributed by atoms with E-state index in [1.165, 1.54) is 24.3 Å². The van der Waals surface area contributed by atoms with Crippen molar-refractivity contribution in [2.24, 2.45) is 0 Å². The van der Waals surface area contributed by atoms with E-state index in [1.807, 2.05) is 17.0 Å². The number of hydrogen-bond acceptors (Lipinski definition) is 3. The molecule has 1 fully saturated rings. The second kappa shape index (κ2) is 7.13. The zero-order valence-corrected chi connectivity index (χ0v) is 13.4. The zero-order valence-electron chi connectivity index (χ0n) is 13.4. The van der Waals surface area contributed by atoms with E-state index in [9.17, 15) is 18.0 Å². The van der Waals surface area contributed by atoms with Gasteiger partial charge in [0.25, 0.3) is 0 Å². The Kier molecular flexibility index (Phi) is 4.92. The van der Waals surface area contributed by atoms with Crippen molar-refractivity contribution in [3.05, 3.63) is 59.9 Å². The van der Waals surface area contributed by atoms with Crippen molar-refractivity contribution >= 4 is 5.91 Å². The average molecular weight is 350 g/mol. The second-order valence-corrected chi connectivity index (χ2v) is 5.89. The highest BCUT2D eigenvalue weighted by atomic mass is 19.4. The first kappa shape index (κ1) is 17.3. The Labute approximate surface area is 143 Å². The number of aromatic nitrogens is 1. The summed E-state index contributed by atoms with van der Waals surface area (Å²) in [6, 6.07) is 9.25. The van der Waals surface area contributed by atoms with Gasteiger partial charge in [-0.1, -0.05) is 12.1 Å². The number of benzene rings is 1. The lowest BCUT2D eigenvalue weighted by atomic mass is 10.1. The number of halogens is 3. The van der Waals surface area contributed by atoms with Crippen LogP contribution in [0.1, 0.15) is 30.0 Å². The summed E-state index contributed by atoms with van der Waals surface area (Å²) in [5, 5.41) is 0. The predicted octanol–water partition coefficient (Wildman–Crippen LogP) is 3.89. The molecule has 2 heterocycles. The lowest BCUT2D eigenvalue weighted by molar-refractivity contribution is -0.274. The second-order valence-electron chi connectivity index (χ2n) is 5.89. The third-order valence-corrected chi connectivity index (χ3v) is 4.18. The van der Waals surface area contributed by atoms with Gasteiger partial charge in [0.15, 0.2) is 0 Å². The Hall–Kier alpha value is -2.57. The fraction of sp³-hybridized carbons (Fsp3) is 0.333. The molecule has 1 amide bonds. The number of nitrogens with zero attached hydrogens (tertiary/aromatic N) is 2. The Morgan fingerprint density at radius 2 is 1.84 bits per heavy atom. The third kappa shape index (κ3) is 4.49. The van der Waals surface area contributed by atoms with Crippen LogP contribution in [0.2, 0.25) is 0 Å². The quantitative estimate of drug-likeness (QED) is 0.840. The predicted molar refractivity (Wildman–Crippen MR) is 84.8 cm³/mol. The number of rotatable bonds is 4. The maximum Gasteiger partial charge on any atom is 0.573 e. The van der Waals surface area contributed by atoms with Crippen molar-refractivity contribution in [1.82, 2.24) is 9.88 Å². The number of hydrogen-bond donors (Lipinski definition) is 0. The highest BCUT2D eigenvalue weighted by molar-refractivity contribution is 5.79. The summed E-state index contributed by atoms with van der Waals surface area (Å²) in [5.41, 5.74) is 1.70. The maximum absolute atomic E-state index is 12.6. The molecule has 0 saturated carbocycles. The highest BCUT2D eigenvalue weighted by Crippen LogP contribution is 2.32. The fourth-order valence-electron chi connectivity index (χ4n) is 3.08. The summed E-state index contributed by atoms with van der Waals surface area (Å²) >= 11 is 0. The number of ether oxygens (including phenoxy) is 1. The van der Waals surface area contributed by atoms with Crippen LogP contribution in [0, 0.1) is 0 Å². The van der Waals surface area contributed by atoms with Gasteiger partial charge < -0.3 is 9.64 Å². The van der Waals surface area contributed by atoms with Crippen molar-refractivity contribution in [3.8, 4) is 5.75 Å². The molecule has 1 aliphatic heterocycles. The van der Waals surface area contributed by atoms with Crippen LogP contribution < -0.4 is 4.74 Å². The average Bonchev–Trinajstić information content (AvgIpc) is 3.06. The number of amides is 1. The van der Waals surface area contributed by atoms with Gasteiger partial charge in [0, 0.05) is 18.9 Å². The number of alkyl halides is 3. The van der Waals surface area contributed by atoms with E-state index in [2.05, 4.69) is 9.72 Å². The highest BCUT2D eigenvalue weighted by Gasteiger charge is 2.31. The fourth-order valence-corrected chi connectivity index (χ4v) is 3.08. The van der Waals surface area contributed by atoms with Gasteiger partial charge in [-0.15, -0.1) is 13.2 Å². The Bertz CT molecular complexity index is 717. The number of carbonyl (C=O) groups excluding carboxylic acids is 1. The van der Waals surface area contributed by atoms with Crippen LogP contribution in [-0.2, 0) is 11.2 Å². The SMILES string of the molecule is O=C(Cc1ccc(OC(F)(F)F)cc1)N1CCC[C@H]1c1ccncc1. The molecule has 7 heteroatoms. The number of carbonyl (C=O) groups is 1. The normalized spacial score (nSPS) is 17.6. The van der Waals surface area contributed by atoms with E-state index in [0.717, 1.165) is 18.4 Å². The van der Waals surface area contributed by atoms with Crippen LogP contribution in [0.5, 0.6) is 5.75 Å². The molecule has 0 radical (unpaired) electrons. The molecule has 0 spiro atoms. The van der Waals surface area contributed by atoms with E-state index in [4.69, 9.17) is 0 Å². The minimum Gasteiger partial charge on any atom is -0.406 e. The molecule has 1 aromatic carbocycles. The first-order chi connectivity index (χ1) is 11.9. The molecular formula is C18H17F3N2O2. The smallest absolute Gasteiger partial charge is 0.406 e. The van der Waals surface area contributed by atoms with Crippen molar-refractivity contribution in [3.63, 3.8) is 0 Å². The van der Waals surface area contributed by atoms with Gasteiger partial charge in [-0.2, -0.15) is 0 Å². The molecule has 0 aliphatic carbocycles. The standard InChI is InChI=1S/C18H17F3N2O2/c19-18(20,21)25-15-5-3-13(4-6-15)12-17(24)23-11-1-2-16(23)14-7-9-22-10-8-14/h3-10,16H,1-2,11-12H2/t16-/m0/s1. The molecule has 4 nitrogen and oxygen atoms in total. The van der Waals surface area contributed by atoms with E-state index < -0.39 is 6.36 Å². The molecule has 1 saturated heterocycles. The summed E-state index contributed by atoms with van der Waals surface area (Å²) in [6.07, 6.45) is 0.662. The minimum atomic E-state index is -4.72. The molecule has 1 aromatic heterocycles. The van der Waals surface area contributed by atoms with E-state index in [-0.39, 0.29) is 24.1 Å². The molecule has 0 N–H and O–H groups in total. The van der Waals surface area contributed by atoms with E-state index in [0.29, 0.717) is 12.1 Å². The van der Waals surface area contributed by atoms with E-state index >= 15 is 0 Å². The lowest BCUT2D eigenvalue weighted by Crippen LogP contribution is -2.31.